The van der Waals surface area contributed by atoms with E-state index in [-0.39, 0.29) is 24.3 Å². The predicted octanol–water partition coefficient (Wildman–Crippen LogP) is -0.257. The van der Waals surface area contributed by atoms with E-state index in [1.165, 1.54) is 6.92 Å². The molecule has 0 aliphatic carbocycles. The first-order valence-corrected chi connectivity index (χ1v) is 5.76. The Morgan fingerprint density at radius 1 is 1.50 bits per heavy atom. The monoisotopic (exact) mass is 228 g/mol. The van der Waals surface area contributed by atoms with E-state index < -0.39 is 0 Å². The minimum absolute atomic E-state index is 0.0619. The fourth-order valence-electron chi connectivity index (χ4n) is 1.94. The number of aliphatic hydroxyl groups is 1. The number of carbonyl (C=O) groups excluding carboxylic acids is 2. The third kappa shape index (κ3) is 4.18. The highest BCUT2D eigenvalue weighted by atomic mass is 16.3. The van der Waals surface area contributed by atoms with Crippen molar-refractivity contribution >= 4 is 11.8 Å². The molecule has 0 aromatic heterocycles. The van der Waals surface area contributed by atoms with E-state index in [4.69, 9.17) is 5.11 Å². The van der Waals surface area contributed by atoms with Crippen LogP contribution in [0.1, 0.15) is 26.2 Å². The third-order valence-electron chi connectivity index (χ3n) is 2.84. The van der Waals surface area contributed by atoms with E-state index in [9.17, 15) is 9.59 Å². The second-order valence-electron chi connectivity index (χ2n) is 4.26. The number of likely N-dealkylation sites (tertiary alicyclic amines) is 1. The number of carbonyl (C=O) groups is 2. The Labute approximate surface area is 95.8 Å². The third-order valence-corrected chi connectivity index (χ3v) is 2.84. The van der Waals surface area contributed by atoms with Crippen LogP contribution >= 0.6 is 0 Å². The van der Waals surface area contributed by atoms with Crippen LogP contribution in [0.25, 0.3) is 0 Å². The Kier molecular flexibility index (Phi) is 5.25. The van der Waals surface area contributed by atoms with Gasteiger partial charge in [-0.25, -0.2) is 0 Å². The van der Waals surface area contributed by atoms with Crippen LogP contribution in [0.5, 0.6) is 0 Å². The molecule has 1 saturated heterocycles. The quantitative estimate of drug-likeness (QED) is 0.696. The Bertz CT molecular complexity index is 256. The fourth-order valence-corrected chi connectivity index (χ4v) is 1.94. The summed E-state index contributed by atoms with van der Waals surface area (Å²) in [6.07, 6.45) is 2.29. The van der Waals surface area contributed by atoms with Gasteiger partial charge < -0.3 is 15.3 Å². The maximum atomic E-state index is 11.7. The molecule has 0 radical (unpaired) electrons. The number of aliphatic hydroxyl groups excluding tert-OH is 1. The molecule has 0 aromatic rings. The van der Waals surface area contributed by atoms with Crippen LogP contribution in [-0.4, -0.2) is 48.1 Å². The fraction of sp³-hybridized carbons (Fsp3) is 0.818. The van der Waals surface area contributed by atoms with E-state index >= 15 is 0 Å². The number of nitrogens with one attached hydrogen (secondary N) is 1. The molecule has 1 rings (SSSR count). The van der Waals surface area contributed by atoms with Gasteiger partial charge in [-0.05, 0) is 18.8 Å². The van der Waals surface area contributed by atoms with Crippen LogP contribution in [0.3, 0.4) is 0 Å². The lowest BCUT2D eigenvalue weighted by molar-refractivity contribution is -0.133. The topological polar surface area (TPSA) is 69.6 Å². The van der Waals surface area contributed by atoms with Gasteiger partial charge in [0.2, 0.25) is 11.8 Å². The summed E-state index contributed by atoms with van der Waals surface area (Å²) in [4.78, 5) is 24.1. The van der Waals surface area contributed by atoms with Crippen LogP contribution in [0.15, 0.2) is 0 Å². The molecule has 0 aromatic carbocycles. The van der Waals surface area contributed by atoms with Crippen molar-refractivity contribution in [3.05, 3.63) is 0 Å². The van der Waals surface area contributed by atoms with Gasteiger partial charge >= 0.3 is 0 Å². The second kappa shape index (κ2) is 6.48. The summed E-state index contributed by atoms with van der Waals surface area (Å²) < 4.78 is 0. The molecule has 1 heterocycles. The zero-order chi connectivity index (χ0) is 12.0. The van der Waals surface area contributed by atoms with Crippen molar-refractivity contribution in [1.82, 2.24) is 10.2 Å². The molecule has 5 heteroatoms. The summed E-state index contributed by atoms with van der Waals surface area (Å²) in [5.41, 5.74) is 0. The standard InChI is InChI=1S/C11H20N2O3/c1-9(15)12-5-4-11(16)13-6-2-3-10(7-13)8-14/h10,14H,2-8H2,1H3,(H,12,15). The molecule has 2 amide bonds. The number of nitrogens with zero attached hydrogens (tertiary/aromatic N) is 1. The molecule has 1 aliphatic heterocycles. The molecule has 1 fully saturated rings. The number of amides is 2. The summed E-state index contributed by atoms with van der Waals surface area (Å²) in [6, 6.07) is 0. The number of hydrogen-bond acceptors (Lipinski definition) is 3. The summed E-state index contributed by atoms with van der Waals surface area (Å²) >= 11 is 0. The summed E-state index contributed by atoms with van der Waals surface area (Å²) in [5, 5.41) is 11.6. The van der Waals surface area contributed by atoms with E-state index in [0.717, 1.165) is 19.4 Å². The van der Waals surface area contributed by atoms with Crippen LogP contribution in [0, 0.1) is 5.92 Å². The van der Waals surface area contributed by atoms with Gasteiger partial charge in [0.15, 0.2) is 0 Å². The lowest BCUT2D eigenvalue weighted by atomic mass is 9.99. The second-order valence-corrected chi connectivity index (χ2v) is 4.26. The molecule has 0 spiro atoms. The van der Waals surface area contributed by atoms with Crippen LogP contribution < -0.4 is 5.32 Å². The average Bonchev–Trinajstić information content (AvgIpc) is 2.28. The maximum Gasteiger partial charge on any atom is 0.224 e. The summed E-state index contributed by atoms with van der Waals surface area (Å²) in [7, 11) is 0. The molecule has 16 heavy (non-hydrogen) atoms. The molecular weight excluding hydrogens is 208 g/mol. The van der Waals surface area contributed by atoms with Gasteiger partial charge in [-0.2, -0.15) is 0 Å². The molecule has 5 nitrogen and oxygen atoms in total. The lowest BCUT2D eigenvalue weighted by Gasteiger charge is -2.31. The average molecular weight is 228 g/mol. The Hall–Kier alpha value is -1.10. The molecular formula is C11H20N2O3. The largest absolute Gasteiger partial charge is 0.396 e. The van der Waals surface area contributed by atoms with E-state index in [2.05, 4.69) is 5.32 Å². The van der Waals surface area contributed by atoms with E-state index in [0.29, 0.717) is 19.5 Å². The van der Waals surface area contributed by atoms with E-state index in [1.807, 2.05) is 0 Å². The SMILES string of the molecule is CC(=O)NCCC(=O)N1CCCC(CO)C1. The summed E-state index contributed by atoms with van der Waals surface area (Å²) in [5.74, 6) is 0.171. The van der Waals surface area contributed by atoms with Gasteiger partial charge in [0.25, 0.3) is 0 Å². The van der Waals surface area contributed by atoms with Crippen molar-refractivity contribution in [2.75, 3.05) is 26.2 Å². The first-order chi connectivity index (χ1) is 7.63. The van der Waals surface area contributed by atoms with Gasteiger partial charge in [-0.3, -0.25) is 9.59 Å². The van der Waals surface area contributed by atoms with E-state index in [1.54, 1.807) is 4.90 Å². The number of piperidine rings is 1. The Morgan fingerprint density at radius 2 is 2.25 bits per heavy atom. The molecule has 2 N–H and O–H groups in total. The van der Waals surface area contributed by atoms with Crippen molar-refractivity contribution in [3.63, 3.8) is 0 Å². The Morgan fingerprint density at radius 3 is 2.88 bits per heavy atom. The van der Waals surface area contributed by atoms with Crippen LogP contribution in [-0.2, 0) is 9.59 Å². The summed E-state index contributed by atoms with van der Waals surface area (Å²) in [6.45, 7) is 3.40. The smallest absolute Gasteiger partial charge is 0.224 e. The molecule has 0 bridgehead atoms. The first-order valence-electron chi connectivity index (χ1n) is 5.76. The van der Waals surface area contributed by atoms with Crippen molar-refractivity contribution < 1.29 is 14.7 Å². The maximum absolute atomic E-state index is 11.7. The van der Waals surface area contributed by atoms with Crippen LogP contribution in [0.2, 0.25) is 0 Å². The normalized spacial score (nSPS) is 20.6. The van der Waals surface area contributed by atoms with Gasteiger partial charge in [-0.15, -0.1) is 0 Å². The van der Waals surface area contributed by atoms with Gasteiger partial charge in [0.1, 0.15) is 0 Å². The zero-order valence-electron chi connectivity index (χ0n) is 9.74. The number of hydrogen-bond donors (Lipinski definition) is 2. The van der Waals surface area contributed by atoms with Gasteiger partial charge in [0, 0.05) is 39.6 Å². The van der Waals surface area contributed by atoms with Crippen molar-refractivity contribution in [3.8, 4) is 0 Å². The Balaban J connectivity index is 2.27. The molecule has 1 unspecified atom stereocenters. The molecule has 1 aliphatic rings. The number of rotatable bonds is 4. The minimum atomic E-state index is -0.111. The van der Waals surface area contributed by atoms with Crippen molar-refractivity contribution in [2.24, 2.45) is 5.92 Å². The van der Waals surface area contributed by atoms with Gasteiger partial charge in [-0.1, -0.05) is 0 Å². The van der Waals surface area contributed by atoms with Crippen molar-refractivity contribution in [2.45, 2.75) is 26.2 Å². The highest BCUT2D eigenvalue weighted by Crippen LogP contribution is 2.16. The first kappa shape index (κ1) is 13.0. The van der Waals surface area contributed by atoms with Crippen molar-refractivity contribution in [1.29, 1.82) is 0 Å². The zero-order valence-corrected chi connectivity index (χ0v) is 9.74. The van der Waals surface area contributed by atoms with Gasteiger partial charge in [0.05, 0.1) is 0 Å². The predicted molar refractivity (Wildman–Crippen MR) is 59.7 cm³/mol. The molecule has 92 valence electrons. The molecule has 1 atom stereocenters. The lowest BCUT2D eigenvalue weighted by Crippen LogP contribution is -2.42. The van der Waals surface area contributed by atoms with Crippen LogP contribution in [0.4, 0.5) is 0 Å². The molecule has 0 saturated carbocycles. The highest BCUT2D eigenvalue weighted by molar-refractivity contribution is 5.78. The highest BCUT2D eigenvalue weighted by Gasteiger charge is 2.22. The minimum Gasteiger partial charge on any atom is -0.396 e.